The highest BCUT2D eigenvalue weighted by Gasteiger charge is 2.38. The van der Waals surface area contributed by atoms with Crippen LogP contribution in [0.3, 0.4) is 0 Å². The summed E-state index contributed by atoms with van der Waals surface area (Å²) in [7, 11) is 1.75. The van der Waals surface area contributed by atoms with Crippen molar-refractivity contribution in [1.29, 1.82) is 5.41 Å². The minimum Gasteiger partial charge on any atom is -0.384 e. The first kappa shape index (κ1) is 29.1. The van der Waals surface area contributed by atoms with Gasteiger partial charge in [-0.1, -0.05) is 60.7 Å². The van der Waals surface area contributed by atoms with Gasteiger partial charge in [-0.2, -0.15) is 0 Å². The number of ketones is 1. The number of nitrogens with two attached hydrogens (primary N) is 1. The van der Waals surface area contributed by atoms with Gasteiger partial charge in [0.25, 0.3) is 0 Å². The maximum absolute atomic E-state index is 13.8. The Kier molecular flexibility index (Phi) is 9.04. The predicted octanol–water partition coefficient (Wildman–Crippen LogP) is 3.31. The highest BCUT2D eigenvalue weighted by Crippen LogP contribution is 2.25. The Bertz CT molecular complexity index is 1570. The van der Waals surface area contributed by atoms with E-state index >= 15 is 0 Å². The molecular weight excluding hydrogens is 548 g/mol. The molecule has 0 radical (unpaired) electrons. The maximum Gasteiger partial charge on any atom is 0.243 e. The molecule has 1 aliphatic heterocycles. The molecule has 0 spiro atoms. The molecule has 216 valence electrons. The number of nitrogens with zero attached hydrogens (tertiary/aromatic N) is 2. The van der Waals surface area contributed by atoms with E-state index in [0.29, 0.717) is 36.4 Å². The van der Waals surface area contributed by atoms with Gasteiger partial charge in [-0.05, 0) is 55.6 Å². The molecule has 2 heterocycles. The number of carbonyl (C=O) groups is 3. The first-order valence-electron chi connectivity index (χ1n) is 14.0. The Hall–Kier alpha value is -4.41. The number of benzene rings is 3. The summed E-state index contributed by atoms with van der Waals surface area (Å²) in [4.78, 5) is 47.4. The minimum atomic E-state index is -0.915. The van der Waals surface area contributed by atoms with Gasteiger partial charge in [0.05, 0.1) is 22.3 Å². The third kappa shape index (κ3) is 6.56. The number of amides is 2. The fraction of sp³-hybridized carbons (Fsp3) is 0.281. The zero-order valence-corrected chi connectivity index (χ0v) is 24.2. The summed E-state index contributed by atoms with van der Waals surface area (Å²) in [5.74, 6) is -0.879. The molecule has 0 aliphatic carbocycles. The highest BCUT2D eigenvalue weighted by atomic mass is 32.1. The maximum atomic E-state index is 13.8. The number of thiazole rings is 1. The van der Waals surface area contributed by atoms with Gasteiger partial charge in [-0.15, -0.1) is 11.3 Å². The third-order valence-corrected chi connectivity index (χ3v) is 8.63. The number of nitrogen functional groups attached to an aromatic ring is 1. The lowest BCUT2D eigenvalue weighted by atomic mass is 9.99. The molecule has 0 bridgehead atoms. The monoisotopic (exact) mass is 582 g/mol. The van der Waals surface area contributed by atoms with Gasteiger partial charge in [0, 0.05) is 18.5 Å². The molecule has 3 atom stereocenters. The zero-order chi connectivity index (χ0) is 29.6. The van der Waals surface area contributed by atoms with Crippen molar-refractivity contribution in [1.82, 2.24) is 20.5 Å². The van der Waals surface area contributed by atoms with Crippen LogP contribution in [0, 0.1) is 5.41 Å². The number of nitrogens with one attached hydrogen (secondary N) is 3. The van der Waals surface area contributed by atoms with Crippen LogP contribution in [0.4, 0.5) is 0 Å². The second-order valence-electron chi connectivity index (χ2n) is 10.5. The molecule has 2 amide bonds. The molecule has 1 aliphatic rings. The molecule has 42 heavy (non-hydrogen) atoms. The first-order valence-corrected chi connectivity index (χ1v) is 14.8. The average Bonchev–Trinajstić information content (AvgIpc) is 3.67. The van der Waals surface area contributed by atoms with Crippen LogP contribution in [-0.4, -0.2) is 65.0 Å². The number of carbonyl (C=O) groups excluding carboxylic acids is 3. The van der Waals surface area contributed by atoms with Gasteiger partial charge in [0.2, 0.25) is 17.6 Å². The minimum absolute atomic E-state index is 0.0790. The van der Waals surface area contributed by atoms with Crippen molar-refractivity contribution in [3.05, 3.63) is 101 Å². The van der Waals surface area contributed by atoms with Crippen molar-refractivity contribution in [2.75, 3.05) is 13.6 Å². The van der Waals surface area contributed by atoms with E-state index in [1.807, 2.05) is 60.7 Å². The molecule has 4 aromatic rings. The van der Waals surface area contributed by atoms with E-state index in [2.05, 4.69) is 15.6 Å². The SMILES string of the molecule is CN[C@H](Cc1ccccc1)C(=O)N1CCC[C@@H]1C(=O)N[C@@H](Cc1cccc(C(=N)N)c1)C(=O)c1nc2ccccc2s1. The van der Waals surface area contributed by atoms with Crippen LogP contribution in [0.1, 0.15) is 39.3 Å². The number of hydrogen-bond acceptors (Lipinski definition) is 7. The van der Waals surface area contributed by atoms with E-state index in [1.54, 1.807) is 30.1 Å². The number of amidine groups is 1. The van der Waals surface area contributed by atoms with E-state index in [0.717, 1.165) is 21.3 Å². The van der Waals surface area contributed by atoms with Gasteiger partial charge >= 0.3 is 0 Å². The van der Waals surface area contributed by atoms with Crippen LogP contribution in [0.25, 0.3) is 10.2 Å². The van der Waals surface area contributed by atoms with Gasteiger partial charge in [-0.3, -0.25) is 19.8 Å². The van der Waals surface area contributed by atoms with Crippen molar-refractivity contribution in [2.45, 2.75) is 43.8 Å². The Morgan fingerprint density at radius 2 is 1.71 bits per heavy atom. The topological polar surface area (TPSA) is 141 Å². The summed E-state index contributed by atoms with van der Waals surface area (Å²) in [6, 6.07) is 22.3. The largest absolute Gasteiger partial charge is 0.384 e. The summed E-state index contributed by atoms with van der Waals surface area (Å²) in [6.45, 7) is 0.473. The van der Waals surface area contributed by atoms with Crippen LogP contribution in [-0.2, 0) is 22.4 Å². The summed E-state index contributed by atoms with van der Waals surface area (Å²) in [5.41, 5.74) is 8.73. The number of fused-ring (bicyclic) bond motifs is 1. The molecule has 1 aromatic heterocycles. The van der Waals surface area contributed by atoms with Crippen LogP contribution >= 0.6 is 11.3 Å². The second-order valence-corrected chi connectivity index (χ2v) is 11.5. The second kappa shape index (κ2) is 13.1. The summed E-state index contributed by atoms with van der Waals surface area (Å²) >= 11 is 1.29. The number of likely N-dealkylation sites (N-methyl/N-ethyl adjacent to an activating group) is 1. The Labute approximate surface area is 248 Å². The molecule has 5 rings (SSSR count). The molecular formula is C32H34N6O3S. The van der Waals surface area contributed by atoms with E-state index in [1.165, 1.54) is 11.3 Å². The molecule has 5 N–H and O–H groups in total. The lowest BCUT2D eigenvalue weighted by Crippen LogP contribution is -2.55. The lowest BCUT2D eigenvalue weighted by molar-refractivity contribution is -0.140. The van der Waals surface area contributed by atoms with Crippen molar-refractivity contribution in [3.8, 4) is 0 Å². The van der Waals surface area contributed by atoms with Crippen LogP contribution < -0.4 is 16.4 Å². The Balaban J connectivity index is 1.37. The van der Waals surface area contributed by atoms with E-state index in [-0.39, 0.29) is 29.9 Å². The summed E-state index contributed by atoms with van der Waals surface area (Å²) in [6.07, 6.45) is 1.91. The van der Waals surface area contributed by atoms with E-state index < -0.39 is 18.1 Å². The van der Waals surface area contributed by atoms with Crippen molar-refractivity contribution in [2.24, 2.45) is 5.73 Å². The normalized spacial score (nSPS) is 16.2. The molecule has 3 aromatic carbocycles. The number of rotatable bonds is 11. The van der Waals surface area contributed by atoms with Crippen molar-refractivity contribution < 1.29 is 14.4 Å². The van der Waals surface area contributed by atoms with Gasteiger partial charge < -0.3 is 21.3 Å². The van der Waals surface area contributed by atoms with Crippen LogP contribution in [0.2, 0.25) is 0 Å². The van der Waals surface area contributed by atoms with Crippen molar-refractivity contribution >= 4 is 45.0 Å². The number of likely N-dealkylation sites (tertiary alicyclic amines) is 1. The first-order chi connectivity index (χ1) is 20.3. The summed E-state index contributed by atoms with van der Waals surface area (Å²) in [5, 5.41) is 14.2. The lowest BCUT2D eigenvalue weighted by Gasteiger charge is -2.29. The fourth-order valence-corrected chi connectivity index (χ4v) is 6.33. The Morgan fingerprint density at radius 3 is 2.45 bits per heavy atom. The van der Waals surface area contributed by atoms with E-state index in [9.17, 15) is 14.4 Å². The van der Waals surface area contributed by atoms with Crippen LogP contribution in [0.15, 0.2) is 78.9 Å². The van der Waals surface area contributed by atoms with E-state index in [4.69, 9.17) is 11.1 Å². The molecule has 1 saturated heterocycles. The molecule has 9 nitrogen and oxygen atoms in total. The number of Topliss-reactive ketones (excluding diaryl/α,β-unsaturated/α-hetero) is 1. The standard InChI is InChI=1S/C32H34N6O3S/c1-35-25(18-20-9-3-2-4-10-20)32(41)38-16-8-14-26(38)30(40)36-24(19-21-11-7-12-22(17-21)29(33)34)28(39)31-37-23-13-5-6-15-27(23)42-31/h2-7,9-13,15,17,24-26,35H,8,14,16,18-19H2,1H3,(H3,33,34)(H,36,40)/t24-,25+,26+/m0/s1. The molecule has 0 saturated carbocycles. The quantitative estimate of drug-likeness (QED) is 0.122. The smallest absolute Gasteiger partial charge is 0.243 e. The molecule has 0 unspecified atom stereocenters. The zero-order valence-electron chi connectivity index (χ0n) is 23.4. The molecule has 10 heteroatoms. The number of aromatic nitrogens is 1. The van der Waals surface area contributed by atoms with Crippen molar-refractivity contribution in [3.63, 3.8) is 0 Å². The van der Waals surface area contributed by atoms with Gasteiger partial charge in [0.1, 0.15) is 11.9 Å². The molecule has 1 fully saturated rings. The number of para-hydroxylation sites is 1. The fourth-order valence-electron chi connectivity index (χ4n) is 5.37. The van der Waals surface area contributed by atoms with Gasteiger partial charge in [-0.25, -0.2) is 4.98 Å². The number of hydrogen-bond donors (Lipinski definition) is 4. The third-order valence-electron chi connectivity index (χ3n) is 7.58. The Morgan fingerprint density at radius 1 is 1.00 bits per heavy atom. The predicted molar refractivity (Wildman–Crippen MR) is 165 cm³/mol. The van der Waals surface area contributed by atoms with Crippen LogP contribution in [0.5, 0.6) is 0 Å². The van der Waals surface area contributed by atoms with Gasteiger partial charge in [0.15, 0.2) is 5.01 Å². The summed E-state index contributed by atoms with van der Waals surface area (Å²) < 4.78 is 0.883. The average molecular weight is 583 g/mol. The highest BCUT2D eigenvalue weighted by molar-refractivity contribution is 7.20.